The lowest BCUT2D eigenvalue weighted by molar-refractivity contribution is -0.707. The van der Waals surface area contributed by atoms with Crippen LogP contribution in [0, 0.1) is 5.21 Å². The van der Waals surface area contributed by atoms with Crippen molar-refractivity contribution in [2.45, 2.75) is 31.9 Å². The quantitative estimate of drug-likeness (QED) is 0.148. The van der Waals surface area contributed by atoms with Gasteiger partial charge < -0.3 is 24.5 Å². The van der Waals surface area contributed by atoms with Gasteiger partial charge in [-0.25, -0.2) is 4.79 Å². The average molecular weight is 489 g/mol. The van der Waals surface area contributed by atoms with Crippen molar-refractivity contribution >= 4 is 12.0 Å². The van der Waals surface area contributed by atoms with E-state index < -0.39 is 48.0 Å². The number of ether oxygens (including phenoxy) is 3. The van der Waals surface area contributed by atoms with Gasteiger partial charge in [-0.2, -0.15) is 13.2 Å². The maximum absolute atomic E-state index is 13.4. The van der Waals surface area contributed by atoms with Crippen LogP contribution in [0.3, 0.4) is 0 Å². The summed E-state index contributed by atoms with van der Waals surface area (Å²) in [4.78, 5) is 16.8. The van der Waals surface area contributed by atoms with E-state index in [2.05, 4.69) is 19.6 Å². The summed E-state index contributed by atoms with van der Waals surface area (Å²) in [5, 5.41) is 24.1. The SMILES string of the molecule is CC(ON=[N+]([O-])N(C)CCO)OC(=O)C1=Cc2cc(OC(F)(F)F)ccc2O[C@@H]1C(F)(F)F. The summed E-state index contributed by atoms with van der Waals surface area (Å²) >= 11 is 0. The standard InChI is InChI=1S/C17H17F6N3O7/c1-9(33-24-26(29)25(2)5-6-27)30-15(28)12-8-10-7-11(32-17(21,22)23)3-4-13(10)31-14(12)16(18,19)20/h3-4,7-9,14,27H,5-6H2,1-2H3/t9?,14-/m0/s1. The molecule has 2 atom stereocenters. The number of aliphatic hydroxyl groups is 1. The molecule has 16 heteroatoms. The van der Waals surface area contributed by atoms with Crippen molar-refractivity contribution in [3.63, 3.8) is 0 Å². The van der Waals surface area contributed by atoms with Crippen molar-refractivity contribution in [3.05, 3.63) is 34.5 Å². The van der Waals surface area contributed by atoms with Crippen molar-refractivity contribution in [2.75, 3.05) is 20.2 Å². The number of hydrogen-bond donors (Lipinski definition) is 1. The number of alkyl halides is 6. The van der Waals surface area contributed by atoms with Crippen LogP contribution in [-0.4, -0.2) is 66.2 Å². The highest BCUT2D eigenvalue weighted by Gasteiger charge is 2.49. The van der Waals surface area contributed by atoms with E-state index in [1.807, 2.05) is 0 Å². The molecule has 1 aliphatic rings. The molecule has 0 saturated heterocycles. The van der Waals surface area contributed by atoms with Crippen LogP contribution >= 0.6 is 0 Å². The smallest absolute Gasteiger partial charge is 0.569 e. The van der Waals surface area contributed by atoms with Crippen LogP contribution in [0.1, 0.15) is 12.5 Å². The number of rotatable bonds is 8. The van der Waals surface area contributed by atoms with Gasteiger partial charge in [-0.15, -0.1) is 18.2 Å². The van der Waals surface area contributed by atoms with Crippen LogP contribution in [0.4, 0.5) is 26.3 Å². The van der Waals surface area contributed by atoms with E-state index in [1.54, 1.807) is 0 Å². The molecular weight excluding hydrogens is 472 g/mol. The van der Waals surface area contributed by atoms with Crippen molar-refractivity contribution in [3.8, 4) is 11.5 Å². The Hall–Kier alpha value is -3.43. The Labute approximate surface area is 181 Å². The summed E-state index contributed by atoms with van der Waals surface area (Å²) in [6.07, 6.45) is -13.9. The zero-order valence-corrected chi connectivity index (χ0v) is 16.9. The fourth-order valence-electron chi connectivity index (χ4n) is 2.43. The first-order chi connectivity index (χ1) is 15.2. The molecule has 0 aromatic heterocycles. The molecular formula is C17H17F6N3O7. The Morgan fingerprint density at radius 3 is 2.58 bits per heavy atom. The van der Waals surface area contributed by atoms with E-state index in [9.17, 15) is 36.3 Å². The van der Waals surface area contributed by atoms with Crippen LogP contribution in [-0.2, 0) is 14.4 Å². The first-order valence-corrected chi connectivity index (χ1v) is 8.93. The molecule has 10 nitrogen and oxygen atoms in total. The number of likely N-dealkylation sites (N-methyl/N-ethyl adjacent to an activating group) is 1. The third-order valence-corrected chi connectivity index (χ3v) is 3.84. The molecule has 1 aromatic carbocycles. The van der Waals surface area contributed by atoms with Gasteiger partial charge in [0.1, 0.15) is 11.5 Å². The molecule has 1 N–H and O–H groups in total. The minimum atomic E-state index is -5.09. The van der Waals surface area contributed by atoms with Crippen LogP contribution < -0.4 is 9.47 Å². The predicted molar refractivity (Wildman–Crippen MR) is 94.0 cm³/mol. The summed E-state index contributed by atoms with van der Waals surface area (Å²) in [7, 11) is 1.24. The topological polar surface area (TPSA) is 116 Å². The second kappa shape index (κ2) is 10.0. The van der Waals surface area contributed by atoms with Crippen molar-refractivity contribution in [2.24, 2.45) is 5.28 Å². The summed E-state index contributed by atoms with van der Waals surface area (Å²) < 4.78 is 90.7. The zero-order chi connectivity index (χ0) is 25.0. The number of fused-ring (bicyclic) bond motifs is 1. The van der Waals surface area contributed by atoms with Crippen molar-refractivity contribution in [1.82, 2.24) is 5.01 Å². The number of hydrazine groups is 1. The molecule has 1 heterocycles. The van der Waals surface area contributed by atoms with E-state index in [-0.39, 0.29) is 23.7 Å². The van der Waals surface area contributed by atoms with Gasteiger partial charge in [-0.05, 0) is 24.3 Å². The molecule has 0 aliphatic carbocycles. The second-order valence-corrected chi connectivity index (χ2v) is 6.40. The maximum atomic E-state index is 13.4. The second-order valence-electron chi connectivity index (χ2n) is 6.40. The van der Waals surface area contributed by atoms with E-state index >= 15 is 0 Å². The Balaban J connectivity index is 2.24. The Kier molecular flexibility index (Phi) is 7.84. The molecule has 0 radical (unpaired) electrons. The van der Waals surface area contributed by atoms with E-state index in [0.29, 0.717) is 6.08 Å². The molecule has 1 unspecified atom stereocenters. The number of aliphatic hydroxyl groups excluding tert-OH is 1. The maximum Gasteiger partial charge on any atom is 0.573 e. The first kappa shape index (κ1) is 25.8. The largest absolute Gasteiger partial charge is 0.573 e. The number of halogens is 6. The van der Waals surface area contributed by atoms with Gasteiger partial charge in [-0.3, -0.25) is 4.84 Å². The minimum absolute atomic E-state index is 0.111. The molecule has 0 fully saturated rings. The predicted octanol–water partition coefficient (Wildman–Crippen LogP) is 2.91. The van der Waals surface area contributed by atoms with Gasteiger partial charge in [-0.1, -0.05) is 0 Å². The molecule has 33 heavy (non-hydrogen) atoms. The van der Waals surface area contributed by atoms with Crippen molar-refractivity contribution < 1.29 is 60.3 Å². The van der Waals surface area contributed by atoms with E-state index in [0.717, 1.165) is 30.1 Å². The molecule has 0 amide bonds. The molecule has 0 spiro atoms. The number of carbonyl (C=O) groups is 1. The lowest BCUT2D eigenvalue weighted by Gasteiger charge is -2.28. The Bertz CT molecular complexity index is 919. The minimum Gasteiger partial charge on any atom is -0.569 e. The number of carbonyl (C=O) groups excluding carboxylic acids is 1. The van der Waals surface area contributed by atoms with E-state index in [4.69, 9.17) is 9.84 Å². The highest BCUT2D eigenvalue weighted by molar-refractivity contribution is 5.96. The van der Waals surface area contributed by atoms with Gasteiger partial charge in [0.15, 0.2) is 0 Å². The average Bonchev–Trinajstić information content (AvgIpc) is 2.69. The molecule has 2 rings (SSSR count). The monoisotopic (exact) mass is 489 g/mol. The fourth-order valence-corrected chi connectivity index (χ4v) is 2.43. The summed E-state index contributed by atoms with van der Waals surface area (Å²) in [5.74, 6) is -2.79. The lowest BCUT2D eigenvalue weighted by atomic mass is 10.0. The molecule has 0 bridgehead atoms. The first-order valence-electron chi connectivity index (χ1n) is 8.93. The van der Waals surface area contributed by atoms with Gasteiger partial charge in [0.2, 0.25) is 11.4 Å². The van der Waals surface area contributed by atoms with Crippen LogP contribution in [0.15, 0.2) is 29.0 Å². The van der Waals surface area contributed by atoms with E-state index in [1.165, 1.54) is 7.05 Å². The highest BCUT2D eigenvalue weighted by atomic mass is 19.4. The molecule has 1 aliphatic heterocycles. The normalized spacial score (nSPS) is 17.3. The van der Waals surface area contributed by atoms with Crippen LogP contribution in [0.25, 0.3) is 6.08 Å². The van der Waals surface area contributed by atoms with Crippen LogP contribution in [0.5, 0.6) is 11.5 Å². The third-order valence-electron chi connectivity index (χ3n) is 3.84. The number of benzene rings is 1. The van der Waals surface area contributed by atoms with Gasteiger partial charge >= 0.3 is 18.5 Å². The number of nitrogens with zero attached hydrogens (tertiary/aromatic N) is 3. The number of esters is 1. The van der Waals surface area contributed by atoms with Crippen molar-refractivity contribution in [1.29, 1.82) is 0 Å². The summed E-state index contributed by atoms with van der Waals surface area (Å²) in [6, 6.07) is 2.30. The molecule has 184 valence electrons. The van der Waals surface area contributed by atoms with Gasteiger partial charge in [0.05, 0.1) is 30.7 Å². The Morgan fingerprint density at radius 2 is 2.00 bits per heavy atom. The number of hydrogen-bond acceptors (Lipinski definition) is 8. The molecule has 1 aromatic rings. The summed E-state index contributed by atoms with van der Waals surface area (Å²) in [5.41, 5.74) is -1.40. The molecule has 0 saturated carbocycles. The third kappa shape index (κ3) is 7.30. The highest BCUT2D eigenvalue weighted by Crippen LogP contribution is 2.39. The summed E-state index contributed by atoms with van der Waals surface area (Å²) in [6.45, 7) is 0.526. The Morgan fingerprint density at radius 1 is 1.33 bits per heavy atom. The lowest BCUT2D eigenvalue weighted by Crippen LogP contribution is -2.41. The van der Waals surface area contributed by atoms with Gasteiger partial charge in [0, 0.05) is 12.5 Å². The van der Waals surface area contributed by atoms with Gasteiger partial charge in [0.25, 0.3) is 6.29 Å². The fraction of sp³-hybridized carbons (Fsp3) is 0.471. The van der Waals surface area contributed by atoms with Crippen LogP contribution in [0.2, 0.25) is 0 Å². The zero-order valence-electron chi connectivity index (χ0n) is 16.9.